The van der Waals surface area contributed by atoms with Gasteiger partial charge in [-0.05, 0) is 25.2 Å². The molecule has 5 heteroatoms. The van der Waals surface area contributed by atoms with Gasteiger partial charge in [0.05, 0.1) is 11.5 Å². The first-order valence-corrected chi connectivity index (χ1v) is 6.85. The molecular weight excluding hydrogens is 242 g/mol. The van der Waals surface area contributed by atoms with Crippen molar-refractivity contribution in [3.63, 3.8) is 0 Å². The van der Waals surface area contributed by atoms with Crippen LogP contribution in [0.15, 0.2) is 0 Å². The van der Waals surface area contributed by atoms with Gasteiger partial charge in [0.15, 0.2) is 0 Å². The first kappa shape index (κ1) is 14.0. The Hall–Kier alpha value is -1.41. The second-order valence-corrected chi connectivity index (χ2v) is 6.44. The Morgan fingerprint density at radius 2 is 2.16 bits per heavy atom. The Kier molecular flexibility index (Phi) is 3.40. The van der Waals surface area contributed by atoms with E-state index in [-0.39, 0.29) is 24.2 Å². The molecule has 1 saturated carbocycles. The van der Waals surface area contributed by atoms with Gasteiger partial charge in [0, 0.05) is 13.0 Å². The van der Waals surface area contributed by atoms with E-state index < -0.39 is 11.0 Å². The summed E-state index contributed by atoms with van der Waals surface area (Å²) in [5.41, 5.74) is 4.70. The molecule has 2 rings (SSSR count). The zero-order chi connectivity index (χ0) is 14.3. The zero-order valence-electron chi connectivity index (χ0n) is 11.6. The molecule has 5 nitrogen and oxygen atoms in total. The number of amides is 2. The molecule has 1 saturated heterocycles. The van der Waals surface area contributed by atoms with Crippen LogP contribution in [0.25, 0.3) is 0 Å². The molecule has 1 aliphatic heterocycles. The maximum Gasteiger partial charge on any atom is 0.235 e. The van der Waals surface area contributed by atoms with Gasteiger partial charge in [-0.2, -0.15) is 5.26 Å². The first-order valence-electron chi connectivity index (χ1n) is 6.85. The van der Waals surface area contributed by atoms with E-state index in [9.17, 15) is 9.59 Å². The van der Waals surface area contributed by atoms with Crippen LogP contribution in [-0.4, -0.2) is 28.8 Å². The number of carbonyl (C=O) groups excluding carboxylic acids is 2. The molecule has 2 N–H and O–H groups in total. The second-order valence-electron chi connectivity index (χ2n) is 6.44. The Labute approximate surface area is 113 Å². The van der Waals surface area contributed by atoms with Gasteiger partial charge in [0.25, 0.3) is 0 Å². The Bertz CT molecular complexity index is 452. The van der Waals surface area contributed by atoms with Crippen molar-refractivity contribution >= 4 is 11.8 Å². The van der Waals surface area contributed by atoms with E-state index in [1.54, 1.807) is 13.8 Å². The van der Waals surface area contributed by atoms with Gasteiger partial charge >= 0.3 is 0 Å². The van der Waals surface area contributed by atoms with Crippen LogP contribution in [0.2, 0.25) is 0 Å². The number of imide groups is 1. The van der Waals surface area contributed by atoms with Crippen molar-refractivity contribution in [3.8, 4) is 6.07 Å². The average molecular weight is 263 g/mol. The average Bonchev–Trinajstić information content (AvgIpc) is 2.79. The van der Waals surface area contributed by atoms with E-state index in [1.807, 2.05) is 0 Å². The number of nitrogens with zero attached hydrogens (tertiary/aromatic N) is 2. The molecule has 0 spiro atoms. The molecule has 0 aromatic rings. The molecule has 19 heavy (non-hydrogen) atoms. The Balaban J connectivity index is 1.99. The summed E-state index contributed by atoms with van der Waals surface area (Å²) in [5.74, 6) is -0.121. The summed E-state index contributed by atoms with van der Waals surface area (Å²) in [6, 6.07) is 2.19. The van der Waals surface area contributed by atoms with Crippen LogP contribution in [0.5, 0.6) is 0 Å². The van der Waals surface area contributed by atoms with E-state index in [0.29, 0.717) is 19.4 Å². The lowest BCUT2D eigenvalue weighted by Crippen LogP contribution is -2.44. The summed E-state index contributed by atoms with van der Waals surface area (Å²) in [5, 5.41) is 9.15. The molecule has 2 aliphatic rings. The van der Waals surface area contributed by atoms with E-state index in [1.165, 1.54) is 4.90 Å². The molecule has 2 fully saturated rings. The highest BCUT2D eigenvalue weighted by Gasteiger charge is 2.46. The molecule has 2 atom stereocenters. The van der Waals surface area contributed by atoms with Crippen LogP contribution in [0.1, 0.15) is 46.0 Å². The largest absolute Gasteiger partial charge is 0.313 e. The van der Waals surface area contributed by atoms with Crippen LogP contribution >= 0.6 is 0 Å². The standard InChI is InChI=1S/C14H21N3O2/c1-13(2)8-11(18)17(12(13)19)7-5-10-4-3-6-14(10,16)9-15/h10H,3-8,16H2,1-2H3. The monoisotopic (exact) mass is 263 g/mol. The van der Waals surface area contributed by atoms with Gasteiger partial charge in [-0.25, -0.2) is 0 Å². The SMILES string of the molecule is CC1(C)CC(=O)N(CCC2CCCC2(N)C#N)C1=O. The molecule has 2 unspecified atom stereocenters. The summed E-state index contributed by atoms with van der Waals surface area (Å²) in [4.78, 5) is 25.3. The third kappa shape index (κ3) is 2.37. The van der Waals surface area contributed by atoms with Crippen LogP contribution in [0.3, 0.4) is 0 Å². The third-order valence-corrected chi connectivity index (χ3v) is 4.50. The zero-order valence-corrected chi connectivity index (χ0v) is 11.6. The summed E-state index contributed by atoms with van der Waals surface area (Å²) < 4.78 is 0. The number of hydrogen-bond acceptors (Lipinski definition) is 4. The van der Waals surface area contributed by atoms with Crippen molar-refractivity contribution in [2.24, 2.45) is 17.1 Å². The Morgan fingerprint density at radius 1 is 1.47 bits per heavy atom. The van der Waals surface area contributed by atoms with Crippen LogP contribution in [0, 0.1) is 22.7 Å². The number of carbonyl (C=O) groups is 2. The minimum Gasteiger partial charge on any atom is -0.313 e. The summed E-state index contributed by atoms with van der Waals surface area (Å²) in [7, 11) is 0. The summed E-state index contributed by atoms with van der Waals surface area (Å²) in [6.07, 6.45) is 3.48. The predicted octanol–water partition coefficient (Wildman–Crippen LogP) is 1.18. The van der Waals surface area contributed by atoms with Crippen molar-refractivity contribution in [3.05, 3.63) is 0 Å². The smallest absolute Gasteiger partial charge is 0.235 e. The van der Waals surface area contributed by atoms with Crippen molar-refractivity contribution in [2.75, 3.05) is 6.54 Å². The van der Waals surface area contributed by atoms with Crippen molar-refractivity contribution in [1.29, 1.82) is 5.26 Å². The summed E-state index contributed by atoms with van der Waals surface area (Å²) >= 11 is 0. The third-order valence-electron chi connectivity index (χ3n) is 4.50. The molecule has 0 radical (unpaired) electrons. The minimum atomic E-state index is -0.776. The highest BCUT2D eigenvalue weighted by Crippen LogP contribution is 2.37. The topological polar surface area (TPSA) is 87.2 Å². The lowest BCUT2D eigenvalue weighted by molar-refractivity contribution is -0.141. The molecule has 104 valence electrons. The minimum absolute atomic E-state index is 0.0850. The Morgan fingerprint density at radius 3 is 2.68 bits per heavy atom. The van der Waals surface area contributed by atoms with E-state index in [4.69, 9.17) is 11.0 Å². The number of nitrogens with two attached hydrogens (primary N) is 1. The van der Waals surface area contributed by atoms with Gasteiger partial charge in [-0.1, -0.05) is 20.3 Å². The van der Waals surface area contributed by atoms with Crippen LogP contribution < -0.4 is 5.73 Å². The van der Waals surface area contributed by atoms with Gasteiger partial charge in [0.1, 0.15) is 5.54 Å². The number of likely N-dealkylation sites (tertiary alicyclic amines) is 1. The molecule has 0 aromatic carbocycles. The molecule has 0 bridgehead atoms. The molecular formula is C14H21N3O2. The van der Waals surface area contributed by atoms with Crippen molar-refractivity contribution < 1.29 is 9.59 Å². The quantitative estimate of drug-likeness (QED) is 0.775. The van der Waals surface area contributed by atoms with Gasteiger partial charge < -0.3 is 5.73 Å². The first-order chi connectivity index (χ1) is 8.80. The lowest BCUT2D eigenvalue weighted by atomic mass is 9.87. The van der Waals surface area contributed by atoms with Crippen molar-refractivity contribution in [2.45, 2.75) is 51.5 Å². The van der Waals surface area contributed by atoms with E-state index in [2.05, 4.69) is 6.07 Å². The van der Waals surface area contributed by atoms with Gasteiger partial charge in [0.2, 0.25) is 11.8 Å². The number of rotatable bonds is 3. The molecule has 0 aromatic heterocycles. The maximum absolute atomic E-state index is 12.1. The van der Waals surface area contributed by atoms with E-state index >= 15 is 0 Å². The molecule has 1 heterocycles. The normalized spacial score (nSPS) is 33.8. The fourth-order valence-electron chi connectivity index (χ4n) is 3.19. The lowest BCUT2D eigenvalue weighted by Gasteiger charge is -2.26. The number of hydrogen-bond donors (Lipinski definition) is 1. The highest BCUT2D eigenvalue weighted by molar-refractivity contribution is 6.05. The van der Waals surface area contributed by atoms with E-state index in [0.717, 1.165) is 12.8 Å². The van der Waals surface area contributed by atoms with Gasteiger partial charge in [-0.15, -0.1) is 0 Å². The molecule has 2 amide bonds. The number of nitriles is 1. The fourth-order valence-corrected chi connectivity index (χ4v) is 3.19. The predicted molar refractivity (Wildman–Crippen MR) is 69.6 cm³/mol. The molecule has 1 aliphatic carbocycles. The fraction of sp³-hybridized carbons (Fsp3) is 0.786. The van der Waals surface area contributed by atoms with Crippen LogP contribution in [0.4, 0.5) is 0 Å². The highest BCUT2D eigenvalue weighted by atomic mass is 16.2. The summed E-state index contributed by atoms with van der Waals surface area (Å²) in [6.45, 7) is 3.99. The van der Waals surface area contributed by atoms with Crippen molar-refractivity contribution in [1.82, 2.24) is 4.90 Å². The van der Waals surface area contributed by atoms with Crippen LogP contribution in [-0.2, 0) is 9.59 Å². The maximum atomic E-state index is 12.1. The second kappa shape index (κ2) is 4.61. The van der Waals surface area contributed by atoms with Gasteiger partial charge in [-0.3, -0.25) is 14.5 Å².